The van der Waals surface area contributed by atoms with Crippen molar-refractivity contribution in [3.05, 3.63) is 60.2 Å². The summed E-state index contributed by atoms with van der Waals surface area (Å²) in [6.45, 7) is 0. The third-order valence-electron chi connectivity index (χ3n) is 4.58. The first-order valence-corrected chi connectivity index (χ1v) is 8.12. The smallest absolute Gasteiger partial charge is 0.404 e. The molecule has 1 saturated carbocycles. The maximum atomic E-state index is 13.0. The molecule has 2 aromatic rings. The fourth-order valence-electron chi connectivity index (χ4n) is 3.41. The summed E-state index contributed by atoms with van der Waals surface area (Å²) in [6.07, 6.45) is -1.66. The van der Waals surface area contributed by atoms with Crippen LogP contribution in [0, 0.1) is 0 Å². The van der Waals surface area contributed by atoms with Gasteiger partial charge in [-0.2, -0.15) is 0 Å². The minimum Gasteiger partial charge on any atom is -0.404 e. The summed E-state index contributed by atoms with van der Waals surface area (Å²) in [6, 6.07) is 15.0. The summed E-state index contributed by atoms with van der Waals surface area (Å²) in [5.74, 6) is -0.709. The zero-order chi connectivity index (χ0) is 17.9. The first kappa shape index (κ1) is 17.3. The van der Waals surface area contributed by atoms with Gasteiger partial charge in [0.2, 0.25) is 5.91 Å². The van der Waals surface area contributed by atoms with Crippen LogP contribution in [0.1, 0.15) is 31.2 Å². The maximum Gasteiger partial charge on any atom is 0.573 e. The molecule has 0 aromatic heterocycles. The van der Waals surface area contributed by atoms with E-state index >= 15 is 0 Å². The first-order valence-electron chi connectivity index (χ1n) is 8.12. The van der Waals surface area contributed by atoms with E-state index in [1.54, 1.807) is 6.07 Å². The van der Waals surface area contributed by atoms with E-state index < -0.39 is 17.5 Å². The number of benzene rings is 2. The zero-order valence-corrected chi connectivity index (χ0v) is 13.5. The number of hydrogen-bond acceptors (Lipinski definition) is 2. The van der Waals surface area contributed by atoms with E-state index in [9.17, 15) is 18.0 Å². The van der Waals surface area contributed by atoms with Crippen LogP contribution < -0.4 is 10.1 Å². The molecule has 0 saturated heterocycles. The minimum atomic E-state index is -4.81. The molecule has 1 aliphatic rings. The highest BCUT2D eigenvalue weighted by molar-refractivity contribution is 6.00. The molecule has 1 N–H and O–H groups in total. The Morgan fingerprint density at radius 3 is 2.20 bits per heavy atom. The van der Waals surface area contributed by atoms with Gasteiger partial charge in [0, 0.05) is 0 Å². The number of amides is 1. The molecule has 3 rings (SSSR count). The number of alkyl halides is 3. The average Bonchev–Trinajstić information content (AvgIpc) is 3.07. The van der Waals surface area contributed by atoms with Gasteiger partial charge in [0.1, 0.15) is 0 Å². The summed E-state index contributed by atoms with van der Waals surface area (Å²) in [4.78, 5) is 13.0. The van der Waals surface area contributed by atoms with Crippen molar-refractivity contribution in [3.8, 4) is 5.75 Å². The Morgan fingerprint density at radius 2 is 1.56 bits per heavy atom. The van der Waals surface area contributed by atoms with Gasteiger partial charge in [0.15, 0.2) is 5.75 Å². The van der Waals surface area contributed by atoms with Gasteiger partial charge in [-0.1, -0.05) is 55.3 Å². The van der Waals surface area contributed by atoms with Gasteiger partial charge in [-0.05, 0) is 30.5 Å². The highest BCUT2D eigenvalue weighted by Gasteiger charge is 2.43. The standard InChI is InChI=1S/C19H18F3NO2/c20-19(21,22)25-16-11-5-4-10-15(16)23-17(24)18(12-6-7-13-18)14-8-2-1-3-9-14/h1-5,8-11H,6-7,12-13H2,(H,23,24). The van der Waals surface area contributed by atoms with Crippen molar-refractivity contribution in [2.45, 2.75) is 37.5 Å². The van der Waals surface area contributed by atoms with Crippen molar-refractivity contribution in [2.24, 2.45) is 0 Å². The Labute approximate surface area is 143 Å². The predicted molar refractivity (Wildman–Crippen MR) is 88.3 cm³/mol. The Bertz CT molecular complexity index is 738. The number of rotatable bonds is 4. The lowest BCUT2D eigenvalue weighted by molar-refractivity contribution is -0.274. The van der Waals surface area contributed by atoms with Gasteiger partial charge in [0.25, 0.3) is 0 Å². The van der Waals surface area contributed by atoms with E-state index in [0.717, 1.165) is 18.4 Å². The van der Waals surface area contributed by atoms with Crippen molar-refractivity contribution in [2.75, 3.05) is 5.32 Å². The fraction of sp³-hybridized carbons (Fsp3) is 0.316. The molecular weight excluding hydrogens is 331 g/mol. The van der Waals surface area contributed by atoms with Crippen LogP contribution in [0.15, 0.2) is 54.6 Å². The van der Waals surface area contributed by atoms with E-state index in [-0.39, 0.29) is 11.6 Å². The Balaban J connectivity index is 1.89. The van der Waals surface area contributed by atoms with E-state index in [0.29, 0.717) is 12.8 Å². The normalized spacial score (nSPS) is 16.4. The molecule has 2 aromatic carbocycles. The Hall–Kier alpha value is -2.50. The number of para-hydroxylation sites is 2. The monoisotopic (exact) mass is 349 g/mol. The van der Waals surface area contributed by atoms with Crippen LogP contribution >= 0.6 is 0 Å². The quantitative estimate of drug-likeness (QED) is 0.840. The summed E-state index contributed by atoms with van der Waals surface area (Å²) in [7, 11) is 0. The summed E-state index contributed by atoms with van der Waals surface area (Å²) >= 11 is 0. The molecule has 0 aliphatic heterocycles. The number of hydrogen-bond donors (Lipinski definition) is 1. The molecule has 0 bridgehead atoms. The van der Waals surface area contributed by atoms with Gasteiger partial charge >= 0.3 is 6.36 Å². The largest absolute Gasteiger partial charge is 0.573 e. The minimum absolute atomic E-state index is 0.0204. The number of ether oxygens (including phenoxy) is 1. The summed E-state index contributed by atoms with van der Waals surface area (Å²) in [5.41, 5.74) is 0.193. The third kappa shape index (κ3) is 3.78. The average molecular weight is 349 g/mol. The van der Waals surface area contributed by atoms with Crippen molar-refractivity contribution in [3.63, 3.8) is 0 Å². The molecule has 3 nitrogen and oxygen atoms in total. The Morgan fingerprint density at radius 1 is 0.960 bits per heavy atom. The second-order valence-electron chi connectivity index (χ2n) is 6.15. The lowest BCUT2D eigenvalue weighted by atomic mass is 9.78. The molecule has 0 atom stereocenters. The highest BCUT2D eigenvalue weighted by atomic mass is 19.4. The molecule has 1 fully saturated rings. The van der Waals surface area contributed by atoms with E-state index in [4.69, 9.17) is 0 Å². The molecule has 132 valence electrons. The predicted octanol–water partition coefficient (Wildman–Crippen LogP) is 5.04. The summed E-state index contributed by atoms with van der Waals surface area (Å²) < 4.78 is 41.7. The van der Waals surface area contributed by atoms with Crippen LogP contribution in [-0.4, -0.2) is 12.3 Å². The van der Waals surface area contributed by atoms with Gasteiger partial charge in [-0.15, -0.1) is 13.2 Å². The molecule has 1 amide bonds. The van der Waals surface area contributed by atoms with Crippen LogP contribution in [0.2, 0.25) is 0 Å². The highest BCUT2D eigenvalue weighted by Crippen LogP contribution is 2.42. The van der Waals surface area contributed by atoms with Crippen molar-refractivity contribution in [1.82, 2.24) is 0 Å². The van der Waals surface area contributed by atoms with E-state index in [1.807, 2.05) is 30.3 Å². The van der Waals surface area contributed by atoms with Crippen LogP contribution in [-0.2, 0) is 10.2 Å². The van der Waals surface area contributed by atoms with Crippen LogP contribution in [0.3, 0.4) is 0 Å². The number of anilines is 1. The lowest BCUT2D eigenvalue weighted by Gasteiger charge is -2.28. The fourth-order valence-corrected chi connectivity index (χ4v) is 3.41. The second kappa shape index (κ2) is 6.78. The number of carbonyl (C=O) groups excluding carboxylic acids is 1. The van der Waals surface area contributed by atoms with Crippen molar-refractivity contribution in [1.29, 1.82) is 0 Å². The number of carbonyl (C=O) groups is 1. The third-order valence-corrected chi connectivity index (χ3v) is 4.58. The van der Waals surface area contributed by atoms with Gasteiger partial charge < -0.3 is 10.1 Å². The molecule has 25 heavy (non-hydrogen) atoms. The van der Waals surface area contributed by atoms with E-state index in [2.05, 4.69) is 10.1 Å². The lowest BCUT2D eigenvalue weighted by Crippen LogP contribution is -2.38. The maximum absolute atomic E-state index is 13.0. The van der Waals surface area contributed by atoms with Crippen molar-refractivity contribution >= 4 is 11.6 Å². The van der Waals surface area contributed by atoms with Gasteiger partial charge in [0.05, 0.1) is 11.1 Å². The number of nitrogens with one attached hydrogen (secondary N) is 1. The molecule has 0 spiro atoms. The van der Waals surface area contributed by atoms with E-state index in [1.165, 1.54) is 18.2 Å². The van der Waals surface area contributed by atoms with Gasteiger partial charge in [-0.3, -0.25) is 4.79 Å². The topological polar surface area (TPSA) is 38.3 Å². The molecule has 0 unspecified atom stereocenters. The molecule has 6 heteroatoms. The van der Waals surface area contributed by atoms with Crippen LogP contribution in [0.4, 0.5) is 18.9 Å². The molecule has 1 aliphatic carbocycles. The zero-order valence-electron chi connectivity index (χ0n) is 13.5. The molecule has 0 radical (unpaired) electrons. The van der Waals surface area contributed by atoms with Crippen LogP contribution in [0.5, 0.6) is 5.75 Å². The second-order valence-corrected chi connectivity index (χ2v) is 6.15. The SMILES string of the molecule is O=C(Nc1ccccc1OC(F)(F)F)C1(c2ccccc2)CCCC1. The Kier molecular flexibility index (Phi) is 4.70. The number of halogens is 3. The first-order chi connectivity index (χ1) is 11.9. The van der Waals surface area contributed by atoms with Crippen LogP contribution in [0.25, 0.3) is 0 Å². The molecular formula is C19H18F3NO2. The summed E-state index contributed by atoms with van der Waals surface area (Å²) in [5, 5.41) is 2.65. The van der Waals surface area contributed by atoms with Crippen molar-refractivity contribution < 1.29 is 22.7 Å². The van der Waals surface area contributed by atoms with Gasteiger partial charge in [-0.25, -0.2) is 0 Å². The molecule has 0 heterocycles.